The third-order valence-corrected chi connectivity index (χ3v) is 4.29. The Hall–Kier alpha value is -1.36. The normalized spacial score (nSPS) is 15.9. The van der Waals surface area contributed by atoms with Crippen LogP contribution in [-0.4, -0.2) is 31.4 Å². The molecular weight excluding hydrogens is 334 g/mol. The van der Waals surface area contributed by atoms with Crippen molar-refractivity contribution < 1.29 is 14.3 Å². The van der Waals surface area contributed by atoms with E-state index in [-0.39, 0.29) is 17.7 Å². The molecule has 1 heterocycles. The van der Waals surface area contributed by atoms with Crippen LogP contribution in [0.1, 0.15) is 37.0 Å². The van der Waals surface area contributed by atoms with Crippen molar-refractivity contribution >= 4 is 33.4 Å². The van der Waals surface area contributed by atoms with Gasteiger partial charge in [-0.25, -0.2) is 0 Å². The van der Waals surface area contributed by atoms with E-state index in [2.05, 4.69) is 20.8 Å². The Morgan fingerprint density at radius 2 is 2.00 bits per heavy atom. The minimum Gasteiger partial charge on any atom is -0.466 e. The molecule has 1 saturated heterocycles. The van der Waals surface area contributed by atoms with Crippen LogP contribution in [0.3, 0.4) is 0 Å². The second kappa shape index (κ2) is 7.07. The maximum atomic E-state index is 11.8. The molecule has 2 rings (SSSR count). The van der Waals surface area contributed by atoms with Crippen LogP contribution < -0.4 is 4.90 Å². The second-order valence-corrected chi connectivity index (χ2v) is 6.15. The van der Waals surface area contributed by atoms with E-state index < -0.39 is 0 Å². The molecular formula is C16H20BrNO3. The van der Waals surface area contributed by atoms with Gasteiger partial charge in [0.2, 0.25) is 0 Å². The molecule has 1 aliphatic heterocycles. The highest BCUT2D eigenvalue weighted by Crippen LogP contribution is 2.29. The van der Waals surface area contributed by atoms with Gasteiger partial charge in [0.1, 0.15) is 0 Å². The predicted octanol–water partition coefficient (Wildman–Crippen LogP) is 3.43. The fourth-order valence-electron chi connectivity index (χ4n) is 2.68. The first-order chi connectivity index (χ1) is 10.0. The Labute approximate surface area is 133 Å². The van der Waals surface area contributed by atoms with Crippen LogP contribution in [0, 0.1) is 5.92 Å². The van der Waals surface area contributed by atoms with Gasteiger partial charge in [0.05, 0.1) is 12.5 Å². The number of nitrogens with zero attached hydrogens (tertiary/aromatic N) is 1. The number of benzene rings is 1. The maximum Gasteiger partial charge on any atom is 0.309 e. The summed E-state index contributed by atoms with van der Waals surface area (Å²) >= 11 is 3.40. The van der Waals surface area contributed by atoms with Gasteiger partial charge in [-0.1, -0.05) is 15.9 Å². The quantitative estimate of drug-likeness (QED) is 0.614. The lowest BCUT2D eigenvalue weighted by Gasteiger charge is -2.33. The zero-order chi connectivity index (χ0) is 15.4. The van der Waals surface area contributed by atoms with Crippen LogP contribution in [-0.2, 0) is 9.53 Å². The molecule has 21 heavy (non-hydrogen) atoms. The molecule has 0 aliphatic carbocycles. The molecule has 0 amide bonds. The number of piperidine rings is 1. The number of Topliss-reactive ketones (excluding diaryl/α,β-unsaturated/α-hetero) is 1. The van der Waals surface area contributed by atoms with Gasteiger partial charge in [-0.2, -0.15) is 0 Å². The molecule has 4 nitrogen and oxygen atoms in total. The minimum atomic E-state index is -0.0975. The van der Waals surface area contributed by atoms with Crippen LogP contribution in [0.4, 0.5) is 5.69 Å². The Morgan fingerprint density at radius 3 is 2.57 bits per heavy atom. The van der Waals surface area contributed by atoms with Crippen LogP contribution in [0.25, 0.3) is 0 Å². The van der Waals surface area contributed by atoms with E-state index in [1.807, 2.05) is 25.1 Å². The SMILES string of the molecule is CCOC(=O)C1CCN(c2ccc(Br)cc2C(C)=O)CC1. The van der Waals surface area contributed by atoms with Crippen LogP contribution >= 0.6 is 15.9 Å². The number of hydrogen-bond donors (Lipinski definition) is 0. The molecule has 0 unspecified atom stereocenters. The summed E-state index contributed by atoms with van der Waals surface area (Å²) in [7, 11) is 0. The fraction of sp³-hybridized carbons (Fsp3) is 0.500. The number of carbonyl (C=O) groups excluding carboxylic acids is 2. The van der Waals surface area contributed by atoms with Crippen molar-refractivity contribution in [1.82, 2.24) is 0 Å². The molecule has 1 aliphatic rings. The number of esters is 1. The van der Waals surface area contributed by atoms with Gasteiger partial charge in [0.25, 0.3) is 0 Å². The first-order valence-electron chi connectivity index (χ1n) is 7.25. The highest BCUT2D eigenvalue weighted by atomic mass is 79.9. The molecule has 0 radical (unpaired) electrons. The lowest BCUT2D eigenvalue weighted by Crippen LogP contribution is -2.37. The van der Waals surface area contributed by atoms with Crippen LogP contribution in [0.15, 0.2) is 22.7 Å². The zero-order valence-corrected chi connectivity index (χ0v) is 14.0. The first kappa shape index (κ1) is 16.0. The lowest BCUT2D eigenvalue weighted by molar-refractivity contribution is -0.148. The lowest BCUT2D eigenvalue weighted by atomic mass is 9.95. The van der Waals surface area contributed by atoms with Gasteiger partial charge in [-0.3, -0.25) is 9.59 Å². The van der Waals surface area contributed by atoms with Crippen molar-refractivity contribution in [2.75, 3.05) is 24.6 Å². The van der Waals surface area contributed by atoms with Gasteiger partial charge >= 0.3 is 5.97 Å². The predicted molar refractivity (Wildman–Crippen MR) is 85.7 cm³/mol. The van der Waals surface area contributed by atoms with Crippen LogP contribution in [0.5, 0.6) is 0 Å². The largest absolute Gasteiger partial charge is 0.466 e. The number of carbonyl (C=O) groups is 2. The molecule has 0 saturated carbocycles. The molecule has 1 fully saturated rings. The Balaban J connectivity index is 2.09. The van der Waals surface area contributed by atoms with Crippen LogP contribution in [0.2, 0.25) is 0 Å². The van der Waals surface area contributed by atoms with E-state index in [1.165, 1.54) is 0 Å². The number of anilines is 1. The van der Waals surface area contributed by atoms with E-state index in [9.17, 15) is 9.59 Å². The van der Waals surface area contributed by atoms with Crippen molar-refractivity contribution in [1.29, 1.82) is 0 Å². The molecule has 0 atom stereocenters. The topological polar surface area (TPSA) is 46.6 Å². The second-order valence-electron chi connectivity index (χ2n) is 5.23. The summed E-state index contributed by atoms with van der Waals surface area (Å²) in [5.41, 5.74) is 1.67. The molecule has 5 heteroatoms. The summed E-state index contributed by atoms with van der Waals surface area (Å²) in [6.07, 6.45) is 1.54. The van der Waals surface area contributed by atoms with Gasteiger partial charge in [-0.05, 0) is 44.9 Å². The number of halogens is 1. The summed E-state index contributed by atoms with van der Waals surface area (Å²) in [5, 5.41) is 0. The summed E-state index contributed by atoms with van der Waals surface area (Å²) < 4.78 is 5.98. The average molecular weight is 354 g/mol. The summed E-state index contributed by atoms with van der Waals surface area (Å²) in [6, 6.07) is 5.76. The summed E-state index contributed by atoms with van der Waals surface area (Å²) in [6.45, 7) is 5.38. The van der Waals surface area contributed by atoms with Gasteiger partial charge in [0, 0.05) is 28.8 Å². The monoisotopic (exact) mass is 353 g/mol. The number of hydrogen-bond acceptors (Lipinski definition) is 4. The highest BCUT2D eigenvalue weighted by molar-refractivity contribution is 9.10. The highest BCUT2D eigenvalue weighted by Gasteiger charge is 2.27. The summed E-state index contributed by atoms with van der Waals surface area (Å²) in [5.74, 6) is -0.0593. The Morgan fingerprint density at radius 1 is 1.33 bits per heavy atom. The third kappa shape index (κ3) is 3.84. The standard InChI is InChI=1S/C16H20BrNO3/c1-3-21-16(20)12-6-8-18(9-7-12)15-5-4-13(17)10-14(15)11(2)19/h4-5,10,12H,3,6-9H2,1-2H3. The zero-order valence-electron chi connectivity index (χ0n) is 12.4. The number of ketones is 1. The van der Waals surface area contributed by atoms with Crippen molar-refractivity contribution in [3.05, 3.63) is 28.2 Å². The summed E-state index contributed by atoms with van der Waals surface area (Å²) in [4.78, 5) is 25.7. The average Bonchev–Trinajstić information content (AvgIpc) is 2.47. The minimum absolute atomic E-state index is 0.0163. The van der Waals surface area contributed by atoms with Gasteiger partial charge in [0.15, 0.2) is 5.78 Å². The van der Waals surface area contributed by atoms with Crippen molar-refractivity contribution in [3.8, 4) is 0 Å². The smallest absolute Gasteiger partial charge is 0.309 e. The number of ether oxygens (including phenoxy) is 1. The molecule has 0 spiro atoms. The van der Waals surface area contributed by atoms with E-state index in [1.54, 1.807) is 6.92 Å². The van der Waals surface area contributed by atoms with Crippen molar-refractivity contribution in [3.63, 3.8) is 0 Å². The van der Waals surface area contributed by atoms with E-state index in [4.69, 9.17) is 4.74 Å². The first-order valence-corrected chi connectivity index (χ1v) is 8.04. The van der Waals surface area contributed by atoms with Gasteiger partial charge in [-0.15, -0.1) is 0 Å². The van der Waals surface area contributed by atoms with E-state index >= 15 is 0 Å². The molecule has 0 N–H and O–H groups in total. The third-order valence-electron chi connectivity index (χ3n) is 3.79. The molecule has 0 bridgehead atoms. The Kier molecular flexibility index (Phi) is 5.39. The van der Waals surface area contributed by atoms with E-state index in [0.29, 0.717) is 6.61 Å². The molecule has 114 valence electrons. The molecule has 0 aromatic heterocycles. The fourth-order valence-corrected chi connectivity index (χ4v) is 3.04. The number of rotatable bonds is 4. The van der Waals surface area contributed by atoms with Crippen molar-refractivity contribution in [2.45, 2.75) is 26.7 Å². The van der Waals surface area contributed by atoms with Gasteiger partial charge < -0.3 is 9.64 Å². The maximum absolute atomic E-state index is 11.8. The van der Waals surface area contributed by atoms with Crippen molar-refractivity contribution in [2.24, 2.45) is 5.92 Å². The molecule has 1 aromatic carbocycles. The van der Waals surface area contributed by atoms with E-state index in [0.717, 1.165) is 41.7 Å². The molecule has 1 aromatic rings. The Bertz CT molecular complexity index is 536.